The Morgan fingerprint density at radius 2 is 2.28 bits per heavy atom. The first-order valence-electron chi connectivity index (χ1n) is 5.74. The van der Waals surface area contributed by atoms with E-state index in [4.69, 9.17) is 5.11 Å². The van der Waals surface area contributed by atoms with Crippen LogP contribution in [0.2, 0.25) is 0 Å². The number of carbonyl (C=O) groups excluding carboxylic acids is 2. The van der Waals surface area contributed by atoms with Crippen molar-refractivity contribution in [1.82, 2.24) is 10.2 Å². The number of nitrogens with zero attached hydrogens (tertiary/aromatic N) is 1. The molecule has 0 bridgehead atoms. The van der Waals surface area contributed by atoms with Gasteiger partial charge in [-0.05, 0) is 18.4 Å². The standard InChI is InChI=1S/C12H18N2O3S/c1-9(8-15)14(2)11(16)5-6-13-12(17)10-4-3-7-18-10/h3-4,7,9,15H,5-6,8H2,1-2H3,(H,13,17). The fraction of sp³-hybridized carbons (Fsp3) is 0.500. The number of nitrogens with one attached hydrogen (secondary N) is 1. The largest absolute Gasteiger partial charge is 0.394 e. The summed E-state index contributed by atoms with van der Waals surface area (Å²) in [7, 11) is 1.64. The molecule has 100 valence electrons. The molecule has 1 aromatic rings. The Balaban J connectivity index is 2.29. The maximum absolute atomic E-state index is 11.7. The maximum atomic E-state index is 11.7. The second kappa shape index (κ2) is 7.13. The molecule has 18 heavy (non-hydrogen) atoms. The molecule has 1 heterocycles. The Labute approximate surface area is 110 Å². The highest BCUT2D eigenvalue weighted by molar-refractivity contribution is 7.12. The number of amides is 2. The van der Waals surface area contributed by atoms with E-state index in [0.29, 0.717) is 11.4 Å². The fourth-order valence-corrected chi connectivity index (χ4v) is 1.96. The highest BCUT2D eigenvalue weighted by atomic mass is 32.1. The molecule has 0 spiro atoms. The molecule has 0 saturated carbocycles. The first-order valence-corrected chi connectivity index (χ1v) is 6.62. The molecule has 1 rings (SSSR count). The van der Waals surface area contributed by atoms with E-state index in [1.54, 1.807) is 26.1 Å². The first kappa shape index (κ1) is 14.7. The molecule has 1 atom stereocenters. The summed E-state index contributed by atoms with van der Waals surface area (Å²) in [6, 6.07) is 3.34. The number of carbonyl (C=O) groups is 2. The van der Waals surface area contributed by atoms with E-state index in [2.05, 4.69) is 5.32 Å². The van der Waals surface area contributed by atoms with Gasteiger partial charge in [-0.2, -0.15) is 0 Å². The zero-order chi connectivity index (χ0) is 13.5. The van der Waals surface area contributed by atoms with E-state index < -0.39 is 0 Å². The van der Waals surface area contributed by atoms with Crippen molar-refractivity contribution in [2.75, 3.05) is 20.2 Å². The van der Waals surface area contributed by atoms with Gasteiger partial charge in [0.1, 0.15) is 0 Å². The Morgan fingerprint density at radius 1 is 1.56 bits per heavy atom. The maximum Gasteiger partial charge on any atom is 0.261 e. The van der Waals surface area contributed by atoms with Crippen LogP contribution in [0.25, 0.3) is 0 Å². The van der Waals surface area contributed by atoms with Crippen molar-refractivity contribution in [2.24, 2.45) is 0 Å². The van der Waals surface area contributed by atoms with Gasteiger partial charge in [-0.1, -0.05) is 6.07 Å². The van der Waals surface area contributed by atoms with Crippen LogP contribution in [0.4, 0.5) is 0 Å². The highest BCUT2D eigenvalue weighted by Crippen LogP contribution is 2.07. The van der Waals surface area contributed by atoms with Gasteiger partial charge in [0.05, 0.1) is 17.5 Å². The third-order valence-corrected chi connectivity index (χ3v) is 3.56. The summed E-state index contributed by atoms with van der Waals surface area (Å²) in [5.41, 5.74) is 0. The molecule has 1 aromatic heterocycles. The van der Waals surface area contributed by atoms with Crippen molar-refractivity contribution in [1.29, 1.82) is 0 Å². The van der Waals surface area contributed by atoms with Crippen LogP contribution in [0.1, 0.15) is 23.0 Å². The molecule has 5 nitrogen and oxygen atoms in total. The minimum Gasteiger partial charge on any atom is -0.394 e. The van der Waals surface area contributed by atoms with Gasteiger partial charge < -0.3 is 15.3 Å². The monoisotopic (exact) mass is 270 g/mol. The number of rotatable bonds is 6. The SMILES string of the molecule is CC(CO)N(C)C(=O)CCNC(=O)c1cccs1. The van der Waals surface area contributed by atoms with Crippen LogP contribution < -0.4 is 5.32 Å². The molecule has 1 unspecified atom stereocenters. The average Bonchev–Trinajstić information content (AvgIpc) is 2.90. The summed E-state index contributed by atoms with van der Waals surface area (Å²) in [5, 5.41) is 13.4. The number of thiophene rings is 1. The lowest BCUT2D eigenvalue weighted by molar-refractivity contribution is -0.132. The topological polar surface area (TPSA) is 69.6 Å². The third-order valence-electron chi connectivity index (χ3n) is 2.69. The molecule has 6 heteroatoms. The second-order valence-corrected chi connectivity index (χ2v) is 4.97. The van der Waals surface area contributed by atoms with Crippen molar-refractivity contribution in [3.05, 3.63) is 22.4 Å². The van der Waals surface area contributed by atoms with Gasteiger partial charge in [0, 0.05) is 20.0 Å². The minimum absolute atomic E-state index is 0.0657. The van der Waals surface area contributed by atoms with Gasteiger partial charge in [-0.15, -0.1) is 11.3 Å². The van der Waals surface area contributed by atoms with Gasteiger partial charge >= 0.3 is 0 Å². The van der Waals surface area contributed by atoms with Gasteiger partial charge in [0.2, 0.25) is 5.91 Å². The number of aliphatic hydroxyl groups excluding tert-OH is 1. The van der Waals surface area contributed by atoms with E-state index in [9.17, 15) is 9.59 Å². The molecule has 0 radical (unpaired) electrons. The Morgan fingerprint density at radius 3 is 2.83 bits per heavy atom. The lowest BCUT2D eigenvalue weighted by Crippen LogP contribution is -2.39. The van der Waals surface area contributed by atoms with Crippen molar-refractivity contribution in [2.45, 2.75) is 19.4 Å². The predicted molar refractivity (Wildman–Crippen MR) is 70.6 cm³/mol. The first-order chi connectivity index (χ1) is 8.56. The Bertz CT molecular complexity index is 392. The van der Waals surface area contributed by atoms with Crippen LogP contribution in [0.3, 0.4) is 0 Å². The Hall–Kier alpha value is -1.40. The number of hydrogen-bond donors (Lipinski definition) is 2. The molecular weight excluding hydrogens is 252 g/mol. The number of hydrogen-bond acceptors (Lipinski definition) is 4. The van der Waals surface area contributed by atoms with E-state index in [1.807, 2.05) is 5.38 Å². The van der Waals surface area contributed by atoms with Crippen LogP contribution in [0, 0.1) is 0 Å². The van der Waals surface area contributed by atoms with Crippen LogP contribution in [-0.2, 0) is 4.79 Å². The second-order valence-electron chi connectivity index (χ2n) is 4.02. The van der Waals surface area contributed by atoms with Gasteiger partial charge in [-0.25, -0.2) is 0 Å². The summed E-state index contributed by atoms with van der Waals surface area (Å²) in [6.07, 6.45) is 0.234. The summed E-state index contributed by atoms with van der Waals surface area (Å²) < 4.78 is 0. The highest BCUT2D eigenvalue weighted by Gasteiger charge is 2.14. The van der Waals surface area contributed by atoms with E-state index >= 15 is 0 Å². The van der Waals surface area contributed by atoms with Crippen molar-refractivity contribution >= 4 is 23.2 Å². The van der Waals surface area contributed by atoms with Crippen LogP contribution in [0.15, 0.2) is 17.5 Å². The molecular formula is C12H18N2O3S. The summed E-state index contributed by atoms with van der Waals surface area (Å²) in [5.74, 6) is -0.251. The normalized spacial score (nSPS) is 11.9. The van der Waals surface area contributed by atoms with Crippen molar-refractivity contribution in [3.63, 3.8) is 0 Å². The predicted octanol–water partition coefficient (Wildman–Crippen LogP) is 0.707. The van der Waals surface area contributed by atoms with E-state index in [1.165, 1.54) is 16.2 Å². The van der Waals surface area contributed by atoms with Crippen molar-refractivity contribution in [3.8, 4) is 0 Å². The molecule has 2 amide bonds. The smallest absolute Gasteiger partial charge is 0.261 e. The Kier molecular flexibility index (Phi) is 5.80. The summed E-state index contributed by atoms with van der Waals surface area (Å²) >= 11 is 1.36. The van der Waals surface area contributed by atoms with Crippen LogP contribution in [-0.4, -0.2) is 48.1 Å². The molecule has 0 fully saturated rings. The lowest BCUT2D eigenvalue weighted by Gasteiger charge is -2.23. The summed E-state index contributed by atoms with van der Waals surface area (Å²) in [4.78, 5) is 25.4. The van der Waals surface area contributed by atoms with Gasteiger partial charge in [-0.3, -0.25) is 9.59 Å². The molecule has 2 N–H and O–H groups in total. The van der Waals surface area contributed by atoms with Gasteiger partial charge in [0.25, 0.3) is 5.91 Å². The molecule has 0 saturated heterocycles. The zero-order valence-corrected chi connectivity index (χ0v) is 11.4. The van der Waals surface area contributed by atoms with Crippen LogP contribution in [0.5, 0.6) is 0 Å². The molecule has 0 aliphatic heterocycles. The minimum atomic E-state index is -0.203. The quantitative estimate of drug-likeness (QED) is 0.799. The van der Waals surface area contributed by atoms with Crippen molar-refractivity contribution < 1.29 is 14.7 Å². The van der Waals surface area contributed by atoms with Gasteiger partial charge in [0.15, 0.2) is 0 Å². The third kappa shape index (κ3) is 4.12. The molecule has 0 aliphatic rings. The fourth-order valence-electron chi connectivity index (χ4n) is 1.32. The summed E-state index contributed by atoms with van der Waals surface area (Å²) in [6.45, 7) is 2.00. The number of likely N-dealkylation sites (N-methyl/N-ethyl adjacent to an activating group) is 1. The number of aliphatic hydroxyl groups is 1. The molecule has 0 aromatic carbocycles. The average molecular weight is 270 g/mol. The lowest BCUT2D eigenvalue weighted by atomic mass is 10.3. The van der Waals surface area contributed by atoms with Crippen LogP contribution >= 0.6 is 11.3 Å². The zero-order valence-electron chi connectivity index (χ0n) is 10.5. The molecule has 0 aliphatic carbocycles. The van der Waals surface area contributed by atoms with E-state index in [-0.39, 0.29) is 30.9 Å². The van der Waals surface area contributed by atoms with E-state index in [0.717, 1.165) is 0 Å².